The van der Waals surface area contributed by atoms with Crippen LogP contribution in [0.1, 0.15) is 21.5 Å². The second kappa shape index (κ2) is 8.70. The van der Waals surface area contributed by atoms with Gasteiger partial charge in [-0.2, -0.15) is 11.8 Å². The van der Waals surface area contributed by atoms with Crippen LogP contribution < -0.4 is 5.32 Å². The summed E-state index contributed by atoms with van der Waals surface area (Å²) in [5.41, 5.74) is 1.97. The van der Waals surface area contributed by atoms with E-state index in [-0.39, 0.29) is 11.6 Å². The summed E-state index contributed by atoms with van der Waals surface area (Å²) in [6.45, 7) is 2.14. The van der Waals surface area contributed by atoms with Gasteiger partial charge >= 0.3 is 0 Å². The van der Waals surface area contributed by atoms with Crippen LogP contribution in [0.3, 0.4) is 0 Å². The number of nitrogens with one attached hydrogen (secondary N) is 1. The van der Waals surface area contributed by atoms with Gasteiger partial charge in [0.15, 0.2) is 0 Å². The SMILES string of the molecule is Cc1ccc(C(=O)NCCSCc2ccc(Cl)cc2)cc1[N+](=O)[O-]. The van der Waals surface area contributed by atoms with Crippen LogP contribution in [0.2, 0.25) is 5.02 Å². The molecule has 2 rings (SSSR count). The van der Waals surface area contributed by atoms with E-state index in [1.165, 1.54) is 11.6 Å². The molecule has 1 amide bonds. The van der Waals surface area contributed by atoms with Crippen molar-refractivity contribution in [3.05, 3.63) is 74.3 Å². The van der Waals surface area contributed by atoms with Gasteiger partial charge in [-0.05, 0) is 30.7 Å². The van der Waals surface area contributed by atoms with Gasteiger partial charge < -0.3 is 5.32 Å². The van der Waals surface area contributed by atoms with Gasteiger partial charge in [-0.1, -0.05) is 29.8 Å². The molecule has 2 aromatic carbocycles. The summed E-state index contributed by atoms with van der Waals surface area (Å²) in [4.78, 5) is 22.5. The number of hydrogen-bond acceptors (Lipinski definition) is 4. The molecule has 0 aliphatic heterocycles. The fraction of sp³-hybridized carbons (Fsp3) is 0.235. The Balaban J connectivity index is 1.78. The van der Waals surface area contributed by atoms with Gasteiger partial charge in [-0.3, -0.25) is 14.9 Å². The quantitative estimate of drug-likeness (QED) is 0.453. The zero-order valence-electron chi connectivity index (χ0n) is 13.1. The summed E-state index contributed by atoms with van der Waals surface area (Å²) < 4.78 is 0. The van der Waals surface area contributed by atoms with Crippen molar-refractivity contribution in [1.29, 1.82) is 0 Å². The van der Waals surface area contributed by atoms with E-state index in [9.17, 15) is 14.9 Å². The predicted molar refractivity (Wildman–Crippen MR) is 97.8 cm³/mol. The Morgan fingerprint density at radius 2 is 1.96 bits per heavy atom. The molecule has 7 heteroatoms. The molecule has 0 bridgehead atoms. The molecule has 0 radical (unpaired) electrons. The maximum Gasteiger partial charge on any atom is 0.273 e. The zero-order chi connectivity index (χ0) is 17.5. The smallest absolute Gasteiger partial charge is 0.273 e. The number of carbonyl (C=O) groups excluding carboxylic acids is 1. The highest BCUT2D eigenvalue weighted by molar-refractivity contribution is 7.98. The van der Waals surface area contributed by atoms with Crippen molar-refractivity contribution in [2.75, 3.05) is 12.3 Å². The zero-order valence-corrected chi connectivity index (χ0v) is 14.7. The molecule has 0 saturated heterocycles. The third kappa shape index (κ3) is 5.25. The van der Waals surface area contributed by atoms with Gasteiger partial charge in [-0.25, -0.2) is 0 Å². The number of amides is 1. The second-order valence-electron chi connectivity index (χ2n) is 5.19. The first-order valence-electron chi connectivity index (χ1n) is 7.33. The van der Waals surface area contributed by atoms with Gasteiger partial charge in [0, 0.05) is 40.3 Å². The summed E-state index contributed by atoms with van der Waals surface area (Å²) in [7, 11) is 0. The van der Waals surface area contributed by atoms with Crippen molar-refractivity contribution in [3.63, 3.8) is 0 Å². The van der Waals surface area contributed by atoms with Crippen molar-refractivity contribution >= 4 is 35.0 Å². The average Bonchev–Trinajstić information content (AvgIpc) is 2.56. The first-order valence-corrected chi connectivity index (χ1v) is 8.86. The van der Waals surface area contributed by atoms with E-state index in [2.05, 4.69) is 5.32 Å². The van der Waals surface area contributed by atoms with Crippen LogP contribution >= 0.6 is 23.4 Å². The van der Waals surface area contributed by atoms with Crippen molar-refractivity contribution in [2.24, 2.45) is 0 Å². The minimum absolute atomic E-state index is 0.0419. The van der Waals surface area contributed by atoms with E-state index in [1.54, 1.807) is 30.8 Å². The first-order chi connectivity index (χ1) is 11.5. The summed E-state index contributed by atoms with van der Waals surface area (Å²) >= 11 is 7.53. The maximum absolute atomic E-state index is 12.0. The molecule has 5 nitrogen and oxygen atoms in total. The number of nitro benzene ring substituents is 1. The summed E-state index contributed by atoms with van der Waals surface area (Å²) in [6.07, 6.45) is 0. The Bertz CT molecular complexity index is 735. The first kappa shape index (κ1) is 18.3. The van der Waals surface area contributed by atoms with E-state index in [0.29, 0.717) is 22.7 Å². The second-order valence-corrected chi connectivity index (χ2v) is 6.73. The molecule has 0 atom stereocenters. The number of rotatable bonds is 7. The minimum Gasteiger partial charge on any atom is -0.351 e. The molecule has 2 aromatic rings. The van der Waals surface area contributed by atoms with Gasteiger partial charge in [0.1, 0.15) is 0 Å². The number of hydrogen-bond donors (Lipinski definition) is 1. The Labute approximate surface area is 149 Å². The third-order valence-electron chi connectivity index (χ3n) is 3.38. The lowest BCUT2D eigenvalue weighted by molar-refractivity contribution is -0.385. The normalized spacial score (nSPS) is 10.4. The highest BCUT2D eigenvalue weighted by Gasteiger charge is 2.14. The molecule has 0 unspecified atom stereocenters. The number of carbonyl (C=O) groups is 1. The van der Waals surface area contributed by atoms with Crippen molar-refractivity contribution in [2.45, 2.75) is 12.7 Å². The molecule has 0 aliphatic carbocycles. The lowest BCUT2D eigenvalue weighted by Crippen LogP contribution is -2.25. The van der Waals surface area contributed by atoms with Crippen LogP contribution in [0.4, 0.5) is 5.69 Å². The monoisotopic (exact) mass is 364 g/mol. The third-order valence-corrected chi connectivity index (χ3v) is 4.66. The highest BCUT2D eigenvalue weighted by Crippen LogP contribution is 2.19. The molecule has 24 heavy (non-hydrogen) atoms. The van der Waals surface area contributed by atoms with Gasteiger partial charge in [-0.15, -0.1) is 0 Å². The van der Waals surface area contributed by atoms with Gasteiger partial charge in [0.2, 0.25) is 0 Å². The average molecular weight is 365 g/mol. The summed E-state index contributed by atoms with van der Waals surface area (Å²) in [5.74, 6) is 1.29. The number of nitro groups is 1. The standard InChI is InChI=1S/C17H17ClN2O3S/c1-12-2-5-14(10-16(12)20(22)23)17(21)19-8-9-24-11-13-3-6-15(18)7-4-13/h2-7,10H,8-9,11H2,1H3,(H,19,21). The summed E-state index contributed by atoms with van der Waals surface area (Å²) in [6, 6.07) is 12.1. The van der Waals surface area contributed by atoms with E-state index in [4.69, 9.17) is 11.6 Å². The van der Waals surface area contributed by atoms with Crippen molar-refractivity contribution < 1.29 is 9.72 Å². The van der Waals surface area contributed by atoms with E-state index >= 15 is 0 Å². The number of halogens is 1. The molecular weight excluding hydrogens is 348 g/mol. The van der Waals surface area contributed by atoms with Crippen LogP contribution in [-0.2, 0) is 5.75 Å². The molecule has 0 saturated carbocycles. The lowest BCUT2D eigenvalue weighted by atomic mass is 10.1. The summed E-state index contributed by atoms with van der Waals surface area (Å²) in [5, 5.41) is 14.4. The molecule has 0 spiro atoms. The van der Waals surface area contributed by atoms with Crippen LogP contribution in [0, 0.1) is 17.0 Å². The van der Waals surface area contributed by atoms with Gasteiger partial charge in [0.25, 0.3) is 11.6 Å². The van der Waals surface area contributed by atoms with E-state index in [1.807, 2.05) is 24.3 Å². The molecule has 0 fully saturated rings. The highest BCUT2D eigenvalue weighted by atomic mass is 35.5. The largest absolute Gasteiger partial charge is 0.351 e. The Kier molecular flexibility index (Phi) is 6.63. The van der Waals surface area contributed by atoms with Crippen LogP contribution in [0.25, 0.3) is 0 Å². The number of benzene rings is 2. The lowest BCUT2D eigenvalue weighted by Gasteiger charge is -2.06. The fourth-order valence-corrected chi connectivity index (χ4v) is 3.00. The fourth-order valence-electron chi connectivity index (χ4n) is 2.06. The van der Waals surface area contributed by atoms with E-state index < -0.39 is 4.92 Å². The van der Waals surface area contributed by atoms with Crippen LogP contribution in [0.15, 0.2) is 42.5 Å². The molecule has 0 aromatic heterocycles. The Hall–Kier alpha value is -2.05. The molecule has 0 aliphatic rings. The van der Waals surface area contributed by atoms with Crippen LogP contribution in [0.5, 0.6) is 0 Å². The molecule has 126 valence electrons. The number of nitrogens with zero attached hydrogens (tertiary/aromatic N) is 1. The van der Waals surface area contributed by atoms with Crippen molar-refractivity contribution in [1.82, 2.24) is 5.32 Å². The topological polar surface area (TPSA) is 72.2 Å². The Morgan fingerprint density at radius 1 is 1.25 bits per heavy atom. The minimum atomic E-state index is -0.478. The van der Waals surface area contributed by atoms with Gasteiger partial charge in [0.05, 0.1) is 4.92 Å². The van der Waals surface area contributed by atoms with Crippen molar-refractivity contribution in [3.8, 4) is 0 Å². The van der Waals surface area contributed by atoms with E-state index in [0.717, 1.165) is 11.5 Å². The predicted octanol–water partition coefficient (Wildman–Crippen LogP) is 4.22. The maximum atomic E-state index is 12.0. The number of aryl methyl sites for hydroxylation is 1. The molecule has 1 N–H and O–H groups in total. The Morgan fingerprint density at radius 3 is 2.62 bits per heavy atom. The van der Waals surface area contributed by atoms with Crippen LogP contribution in [-0.4, -0.2) is 23.1 Å². The molecule has 0 heterocycles. The number of thioether (sulfide) groups is 1. The molecular formula is C17H17ClN2O3S.